The van der Waals surface area contributed by atoms with Gasteiger partial charge in [0.15, 0.2) is 11.5 Å². The number of alkyl halides is 3. The van der Waals surface area contributed by atoms with E-state index in [1.54, 1.807) is 4.90 Å². The van der Waals surface area contributed by atoms with Crippen molar-refractivity contribution in [2.45, 2.75) is 6.18 Å². The van der Waals surface area contributed by atoms with Crippen LogP contribution in [0.15, 0.2) is 34.5 Å². The number of ether oxygens (including phenoxy) is 2. The van der Waals surface area contributed by atoms with Gasteiger partial charge in [-0.05, 0) is 12.1 Å². The molecule has 1 aromatic heterocycles. The monoisotopic (exact) mass is 449 g/mol. The molecule has 0 fully saturated rings. The van der Waals surface area contributed by atoms with Crippen molar-refractivity contribution in [2.75, 3.05) is 25.9 Å². The summed E-state index contributed by atoms with van der Waals surface area (Å²) >= 11 is 0. The lowest BCUT2D eigenvalue weighted by Crippen LogP contribution is -2.47. The fourth-order valence-electron chi connectivity index (χ4n) is 3.05. The number of benzene rings is 1. The fourth-order valence-corrected chi connectivity index (χ4v) is 3.05. The van der Waals surface area contributed by atoms with Gasteiger partial charge in [-0.15, -0.1) is 0 Å². The number of halogens is 3. The Morgan fingerprint density at radius 1 is 1.22 bits per heavy atom. The number of hydrogen-bond donors (Lipinski definition) is 2. The number of amidine groups is 1. The Morgan fingerprint density at radius 3 is 2.59 bits per heavy atom. The molecule has 0 bridgehead atoms. The fraction of sp³-hybridized carbons (Fsp3) is 0.222. The highest BCUT2D eigenvalue weighted by Gasteiger charge is 2.42. The number of fused-ring (bicyclic) bond motifs is 3. The highest BCUT2D eigenvalue weighted by atomic mass is 19.4. The van der Waals surface area contributed by atoms with Crippen molar-refractivity contribution in [1.29, 1.82) is 0 Å². The summed E-state index contributed by atoms with van der Waals surface area (Å²) in [7, 11) is 1.18. The van der Waals surface area contributed by atoms with Gasteiger partial charge in [-0.1, -0.05) is 0 Å². The summed E-state index contributed by atoms with van der Waals surface area (Å²) in [4.78, 5) is 41.7. The van der Waals surface area contributed by atoms with Gasteiger partial charge in [0.2, 0.25) is 11.9 Å². The molecular weight excluding hydrogens is 435 g/mol. The van der Waals surface area contributed by atoms with E-state index in [2.05, 4.69) is 30.0 Å². The van der Waals surface area contributed by atoms with Crippen LogP contribution in [0.25, 0.3) is 0 Å². The zero-order chi connectivity index (χ0) is 23.0. The first-order chi connectivity index (χ1) is 15.2. The van der Waals surface area contributed by atoms with Crippen LogP contribution in [-0.4, -0.2) is 64.9 Å². The molecule has 0 radical (unpaired) electrons. The number of anilines is 1. The molecule has 166 valence electrons. The highest BCUT2D eigenvalue weighted by Crippen LogP contribution is 2.43. The van der Waals surface area contributed by atoms with Gasteiger partial charge in [-0.25, -0.2) is 19.8 Å². The molecular formula is C18H14F3N7O4. The van der Waals surface area contributed by atoms with E-state index in [9.17, 15) is 22.8 Å². The topological polar surface area (TPSA) is 144 Å². The van der Waals surface area contributed by atoms with E-state index in [0.29, 0.717) is 24.5 Å². The number of hydrogen-bond acceptors (Lipinski definition) is 10. The van der Waals surface area contributed by atoms with Gasteiger partial charge in [0.05, 0.1) is 19.2 Å². The molecule has 2 aliphatic rings. The summed E-state index contributed by atoms with van der Waals surface area (Å²) in [6, 6.07) is 2.56. The van der Waals surface area contributed by atoms with Gasteiger partial charge >= 0.3 is 12.1 Å². The molecule has 4 rings (SSSR count). The molecule has 0 saturated carbocycles. The highest BCUT2D eigenvalue weighted by molar-refractivity contribution is 6.20. The normalized spacial score (nSPS) is 14.7. The first-order valence-corrected chi connectivity index (χ1v) is 8.99. The standard InChI is InChI=1S/C18H14F3N7O4/c1-31-12-10(32-15(30)18(19,20)21)3-2-9-11(12)26-17(28-5-4-23-13(9)28)27-14(29)8-6-24-16(22)25-7-8/h2-3,6-7H,4-5H2,1H3,(H2,22,24,25)(H,26,27,29). The molecule has 0 spiro atoms. The first kappa shape index (κ1) is 21.0. The number of methoxy groups -OCH3 is 1. The Kier molecular flexibility index (Phi) is 5.12. The van der Waals surface area contributed by atoms with Crippen molar-refractivity contribution in [3.8, 4) is 11.5 Å². The van der Waals surface area contributed by atoms with E-state index in [0.717, 1.165) is 6.07 Å². The number of nitrogen functional groups attached to an aromatic ring is 1. The molecule has 2 aliphatic heterocycles. The van der Waals surface area contributed by atoms with E-state index >= 15 is 0 Å². The number of esters is 1. The number of nitrogens with zero attached hydrogens (tertiary/aromatic N) is 5. The van der Waals surface area contributed by atoms with Crippen LogP contribution in [0.4, 0.5) is 24.8 Å². The Balaban J connectivity index is 1.73. The molecule has 0 atom stereocenters. The average Bonchev–Trinajstić information content (AvgIpc) is 3.24. The SMILES string of the molecule is COc1c(OC(=O)C(F)(F)F)ccc2c1N=C(NC(=O)c1cnc(N)nc1)N1CCN=C21. The second-order valence-corrected chi connectivity index (χ2v) is 6.46. The Hall–Kier alpha value is -4.23. The second kappa shape index (κ2) is 7.79. The second-order valence-electron chi connectivity index (χ2n) is 6.46. The maximum absolute atomic E-state index is 12.6. The molecule has 2 aromatic rings. The van der Waals surface area contributed by atoms with Crippen molar-refractivity contribution in [2.24, 2.45) is 9.98 Å². The van der Waals surface area contributed by atoms with Gasteiger partial charge < -0.3 is 15.2 Å². The smallest absolute Gasteiger partial charge is 0.491 e. The maximum atomic E-state index is 12.6. The summed E-state index contributed by atoms with van der Waals surface area (Å²) in [6.07, 6.45) is -2.75. The lowest BCUT2D eigenvalue weighted by Gasteiger charge is -2.28. The third kappa shape index (κ3) is 3.77. The van der Waals surface area contributed by atoms with E-state index in [1.807, 2.05) is 0 Å². The number of amides is 1. The van der Waals surface area contributed by atoms with Gasteiger partial charge in [-0.2, -0.15) is 13.2 Å². The molecule has 0 unspecified atom stereocenters. The van der Waals surface area contributed by atoms with E-state index < -0.39 is 23.8 Å². The number of nitrogens with one attached hydrogen (secondary N) is 1. The van der Waals surface area contributed by atoms with Crippen molar-refractivity contribution in [1.82, 2.24) is 20.2 Å². The third-order valence-electron chi connectivity index (χ3n) is 4.45. The van der Waals surface area contributed by atoms with Gasteiger partial charge in [0, 0.05) is 24.5 Å². The van der Waals surface area contributed by atoms with Crippen LogP contribution in [0, 0.1) is 0 Å². The number of carbonyl (C=O) groups excluding carboxylic acids is 2. The number of guanidine groups is 1. The quantitative estimate of drug-likeness (QED) is 0.522. The average molecular weight is 449 g/mol. The maximum Gasteiger partial charge on any atom is 0.491 e. The predicted octanol–water partition coefficient (Wildman–Crippen LogP) is 1.03. The lowest BCUT2D eigenvalue weighted by molar-refractivity contribution is -0.189. The molecule has 14 heteroatoms. The Bertz CT molecular complexity index is 1160. The van der Waals surface area contributed by atoms with Crippen LogP contribution in [0.1, 0.15) is 15.9 Å². The number of carbonyl (C=O) groups is 2. The van der Waals surface area contributed by atoms with Crippen molar-refractivity contribution in [3.63, 3.8) is 0 Å². The third-order valence-corrected chi connectivity index (χ3v) is 4.45. The molecule has 0 saturated heterocycles. The summed E-state index contributed by atoms with van der Waals surface area (Å²) in [5, 5.41) is 2.59. The Labute approximate surface area is 177 Å². The molecule has 11 nitrogen and oxygen atoms in total. The van der Waals surface area contributed by atoms with Gasteiger partial charge in [-0.3, -0.25) is 20.0 Å². The first-order valence-electron chi connectivity index (χ1n) is 8.99. The largest absolute Gasteiger partial charge is 0.491 e. The van der Waals surface area contributed by atoms with Crippen LogP contribution >= 0.6 is 0 Å². The van der Waals surface area contributed by atoms with Gasteiger partial charge in [0.1, 0.15) is 11.5 Å². The molecule has 32 heavy (non-hydrogen) atoms. The van der Waals surface area contributed by atoms with Crippen LogP contribution in [-0.2, 0) is 4.79 Å². The molecule has 0 aliphatic carbocycles. The zero-order valence-corrected chi connectivity index (χ0v) is 16.3. The van der Waals surface area contributed by atoms with Crippen LogP contribution in [0.2, 0.25) is 0 Å². The molecule has 1 aromatic carbocycles. The molecule has 3 heterocycles. The summed E-state index contributed by atoms with van der Waals surface area (Å²) in [6.45, 7) is 0.793. The van der Waals surface area contributed by atoms with Crippen molar-refractivity contribution >= 4 is 35.3 Å². The summed E-state index contributed by atoms with van der Waals surface area (Å²) in [5.74, 6) is -3.26. The predicted molar refractivity (Wildman–Crippen MR) is 104 cm³/mol. The minimum Gasteiger partial charge on any atom is -0.491 e. The van der Waals surface area contributed by atoms with Crippen LogP contribution in [0.5, 0.6) is 11.5 Å². The van der Waals surface area contributed by atoms with Crippen LogP contribution < -0.4 is 20.5 Å². The number of nitrogens with two attached hydrogens (primary N) is 1. The van der Waals surface area contributed by atoms with Crippen molar-refractivity contribution < 1.29 is 32.2 Å². The summed E-state index contributed by atoms with van der Waals surface area (Å²) in [5.41, 5.74) is 5.99. The van der Waals surface area contributed by atoms with Crippen LogP contribution in [0.3, 0.4) is 0 Å². The number of aromatic nitrogens is 2. The van der Waals surface area contributed by atoms with Crippen molar-refractivity contribution in [3.05, 3.63) is 35.7 Å². The Morgan fingerprint density at radius 2 is 1.94 bits per heavy atom. The number of aliphatic imine (C=N–C) groups is 2. The zero-order valence-electron chi connectivity index (χ0n) is 16.3. The van der Waals surface area contributed by atoms with E-state index in [1.165, 1.54) is 25.6 Å². The minimum absolute atomic E-state index is 0.00915. The lowest BCUT2D eigenvalue weighted by atomic mass is 10.1. The molecule has 1 amide bonds. The van der Waals surface area contributed by atoms with E-state index in [-0.39, 0.29) is 28.9 Å². The molecule has 3 N–H and O–H groups in total. The minimum atomic E-state index is -5.20. The van der Waals surface area contributed by atoms with Gasteiger partial charge in [0.25, 0.3) is 5.91 Å². The van der Waals surface area contributed by atoms with E-state index in [4.69, 9.17) is 10.5 Å². The number of rotatable bonds is 3. The summed E-state index contributed by atoms with van der Waals surface area (Å²) < 4.78 is 47.6.